The molecule has 1 aliphatic carbocycles. The fraction of sp³-hybridized carbons (Fsp3) is 0.304. The van der Waals surface area contributed by atoms with Crippen molar-refractivity contribution in [3.05, 3.63) is 76.9 Å². The molecule has 28 heavy (non-hydrogen) atoms. The molecule has 142 valence electrons. The maximum atomic E-state index is 4.86. The van der Waals surface area contributed by atoms with Crippen LogP contribution in [0.3, 0.4) is 0 Å². The van der Waals surface area contributed by atoms with Crippen LogP contribution in [0.25, 0.3) is 6.08 Å². The first kappa shape index (κ1) is 17.3. The van der Waals surface area contributed by atoms with Gasteiger partial charge in [0.25, 0.3) is 0 Å². The molecule has 2 heterocycles. The number of fused-ring (bicyclic) bond motifs is 3. The van der Waals surface area contributed by atoms with Crippen LogP contribution in [0.4, 0.5) is 0 Å². The van der Waals surface area contributed by atoms with Gasteiger partial charge >= 0.3 is 0 Å². The summed E-state index contributed by atoms with van der Waals surface area (Å²) in [4.78, 5) is 11.9. The molecule has 0 aromatic heterocycles. The number of piperazine rings is 1. The molecule has 0 amide bonds. The Morgan fingerprint density at radius 1 is 0.929 bits per heavy atom. The van der Waals surface area contributed by atoms with Crippen molar-refractivity contribution in [3.8, 4) is 0 Å². The van der Waals surface area contributed by atoms with Gasteiger partial charge in [0.15, 0.2) is 0 Å². The third kappa shape index (κ3) is 3.63. The molecule has 0 bridgehead atoms. The molecule has 3 aliphatic rings. The quantitative estimate of drug-likeness (QED) is 0.899. The van der Waals surface area contributed by atoms with Crippen LogP contribution in [0.1, 0.15) is 22.7 Å². The molecule has 1 atom stereocenters. The van der Waals surface area contributed by atoms with E-state index in [0.717, 1.165) is 45.1 Å². The van der Waals surface area contributed by atoms with E-state index in [0.29, 0.717) is 0 Å². The molecule has 5 rings (SSSR count). The summed E-state index contributed by atoms with van der Waals surface area (Å²) in [6.45, 7) is 5.20. The maximum Gasteiger partial charge on any atom is 0.233 e. The molecule has 0 radical (unpaired) electrons. The van der Waals surface area contributed by atoms with Crippen LogP contribution in [0.2, 0.25) is 0 Å². The Morgan fingerprint density at radius 3 is 2.57 bits per heavy atom. The van der Waals surface area contributed by atoms with Gasteiger partial charge in [-0.2, -0.15) is 0 Å². The fourth-order valence-electron chi connectivity index (χ4n) is 4.09. The van der Waals surface area contributed by atoms with Gasteiger partial charge in [0.1, 0.15) is 6.04 Å². The Hall–Kier alpha value is -2.76. The van der Waals surface area contributed by atoms with E-state index in [9.17, 15) is 0 Å². The van der Waals surface area contributed by atoms with Crippen LogP contribution in [-0.2, 0) is 6.42 Å². The van der Waals surface area contributed by atoms with E-state index in [-0.39, 0.29) is 6.04 Å². The normalized spacial score (nSPS) is 21.6. The topological polar surface area (TPSA) is 43.2 Å². The van der Waals surface area contributed by atoms with Gasteiger partial charge < -0.3 is 4.90 Å². The molecule has 0 saturated carbocycles. The molecule has 1 N–H and O–H groups in total. The summed E-state index contributed by atoms with van der Waals surface area (Å²) < 4.78 is 0. The van der Waals surface area contributed by atoms with Crippen LogP contribution >= 0.6 is 0 Å². The highest BCUT2D eigenvalue weighted by molar-refractivity contribution is 6.01. The minimum atomic E-state index is 0.0864. The second-order valence-electron chi connectivity index (χ2n) is 7.56. The zero-order chi connectivity index (χ0) is 18.8. The molecule has 1 saturated heterocycles. The highest BCUT2D eigenvalue weighted by Crippen LogP contribution is 2.37. The lowest BCUT2D eigenvalue weighted by Gasteiger charge is -2.35. The molecule has 1 unspecified atom stereocenters. The van der Waals surface area contributed by atoms with Gasteiger partial charge in [-0.15, -0.1) is 0 Å². The smallest absolute Gasteiger partial charge is 0.233 e. The first-order chi connectivity index (χ1) is 13.8. The number of aliphatic imine (C=N–C) groups is 2. The number of nitrogens with one attached hydrogen (secondary N) is 1. The summed E-state index contributed by atoms with van der Waals surface area (Å²) >= 11 is 0. The number of nitrogens with zero attached hydrogens (tertiary/aromatic N) is 4. The second-order valence-corrected chi connectivity index (χ2v) is 7.56. The van der Waals surface area contributed by atoms with Crippen molar-refractivity contribution >= 4 is 18.3 Å². The summed E-state index contributed by atoms with van der Waals surface area (Å²) in [5.41, 5.74) is 8.54. The van der Waals surface area contributed by atoms with Crippen molar-refractivity contribution in [2.24, 2.45) is 9.98 Å². The number of hydrazine groups is 1. The molecular weight excluding hydrogens is 346 g/mol. The predicted octanol–water partition coefficient (Wildman–Crippen LogP) is 2.93. The van der Waals surface area contributed by atoms with Gasteiger partial charge in [0, 0.05) is 44.5 Å². The summed E-state index contributed by atoms with van der Waals surface area (Å²) in [7, 11) is 0. The van der Waals surface area contributed by atoms with Crippen molar-refractivity contribution in [2.75, 3.05) is 32.7 Å². The Labute approximate surface area is 166 Å². The average molecular weight is 371 g/mol. The summed E-state index contributed by atoms with van der Waals surface area (Å²) in [6.07, 6.45) is 5.26. The minimum absolute atomic E-state index is 0.0864. The molecule has 5 heteroatoms. The third-order valence-electron chi connectivity index (χ3n) is 5.71. The molecule has 2 aromatic rings. The van der Waals surface area contributed by atoms with Crippen molar-refractivity contribution in [3.63, 3.8) is 0 Å². The van der Waals surface area contributed by atoms with Gasteiger partial charge in [-0.25, -0.2) is 15.0 Å². The van der Waals surface area contributed by atoms with E-state index >= 15 is 0 Å². The molecule has 1 fully saturated rings. The van der Waals surface area contributed by atoms with Crippen LogP contribution in [0.15, 0.2) is 70.2 Å². The Bertz CT molecular complexity index is 923. The van der Waals surface area contributed by atoms with Crippen molar-refractivity contribution in [1.82, 2.24) is 15.3 Å². The van der Waals surface area contributed by atoms with E-state index in [4.69, 9.17) is 4.99 Å². The van der Waals surface area contributed by atoms with Gasteiger partial charge in [-0.05, 0) is 29.2 Å². The number of guanidine groups is 1. The maximum absolute atomic E-state index is 4.86. The summed E-state index contributed by atoms with van der Waals surface area (Å²) in [5.74, 6) is 0.719. The zero-order valence-corrected chi connectivity index (χ0v) is 16.0. The Kier molecular flexibility index (Phi) is 4.77. The van der Waals surface area contributed by atoms with Gasteiger partial charge in [-0.1, -0.05) is 54.6 Å². The highest BCUT2D eigenvalue weighted by Gasteiger charge is 2.27. The fourth-order valence-corrected chi connectivity index (χ4v) is 4.09. The molecule has 5 nitrogen and oxygen atoms in total. The van der Waals surface area contributed by atoms with E-state index in [1.807, 2.05) is 6.21 Å². The third-order valence-corrected chi connectivity index (χ3v) is 5.71. The number of hydrogen-bond donors (Lipinski definition) is 1. The number of benzene rings is 2. The van der Waals surface area contributed by atoms with Gasteiger partial charge in [0.05, 0.1) is 0 Å². The second kappa shape index (κ2) is 7.70. The standard InChI is InChI=1S/C23H25N5/c1-2-6-18(7-3-1)10-11-27-12-14-28(15-13-27)26-23-24-17-20-16-19-8-4-5-9-21(19)22(20)25-23/h1-9,16-17,22H,10-15H2,(H,25,26). The minimum Gasteiger partial charge on any atom is -0.300 e. The van der Waals surface area contributed by atoms with Crippen LogP contribution in [-0.4, -0.2) is 54.8 Å². The van der Waals surface area contributed by atoms with Crippen LogP contribution in [0.5, 0.6) is 0 Å². The first-order valence-corrected chi connectivity index (χ1v) is 10.1. The lowest BCUT2D eigenvalue weighted by Crippen LogP contribution is -2.53. The predicted molar refractivity (Wildman–Crippen MR) is 114 cm³/mol. The number of hydrogen-bond acceptors (Lipinski definition) is 5. The lowest BCUT2D eigenvalue weighted by atomic mass is 10.0. The molecular formula is C23H25N5. The SMILES string of the molecule is C1=NC(NN2CCN(CCc3ccccc3)CC2)=NC2C1=Cc1ccccc12. The lowest BCUT2D eigenvalue weighted by molar-refractivity contribution is 0.112. The summed E-state index contributed by atoms with van der Waals surface area (Å²) in [6, 6.07) is 19.3. The Balaban J connectivity index is 1.15. The first-order valence-electron chi connectivity index (χ1n) is 10.1. The average Bonchev–Trinajstić information content (AvgIpc) is 3.12. The molecule has 2 aliphatic heterocycles. The van der Waals surface area contributed by atoms with E-state index in [1.54, 1.807) is 0 Å². The molecule has 0 spiro atoms. The monoisotopic (exact) mass is 371 g/mol. The van der Waals surface area contributed by atoms with E-state index in [1.165, 1.54) is 22.3 Å². The van der Waals surface area contributed by atoms with E-state index < -0.39 is 0 Å². The van der Waals surface area contributed by atoms with Crippen molar-refractivity contribution in [1.29, 1.82) is 0 Å². The van der Waals surface area contributed by atoms with Crippen molar-refractivity contribution in [2.45, 2.75) is 12.5 Å². The van der Waals surface area contributed by atoms with E-state index in [2.05, 4.69) is 81.0 Å². The van der Waals surface area contributed by atoms with Gasteiger partial charge in [-0.3, -0.25) is 5.43 Å². The summed E-state index contributed by atoms with van der Waals surface area (Å²) in [5, 5.41) is 2.24. The zero-order valence-electron chi connectivity index (χ0n) is 16.0. The highest BCUT2D eigenvalue weighted by atomic mass is 15.6. The van der Waals surface area contributed by atoms with Crippen LogP contribution < -0.4 is 5.43 Å². The largest absolute Gasteiger partial charge is 0.300 e. The Morgan fingerprint density at radius 2 is 1.71 bits per heavy atom. The van der Waals surface area contributed by atoms with Gasteiger partial charge in [0.2, 0.25) is 5.96 Å². The molecule has 2 aromatic carbocycles. The van der Waals surface area contributed by atoms with Crippen LogP contribution in [0, 0.1) is 0 Å². The number of rotatable bonds is 4. The van der Waals surface area contributed by atoms with Crippen molar-refractivity contribution < 1.29 is 0 Å².